The average Bonchev–Trinajstić information content (AvgIpc) is 3.56. The van der Waals surface area contributed by atoms with Crippen LogP contribution < -0.4 is 14.8 Å². The zero-order chi connectivity index (χ0) is 28.3. The Bertz CT molecular complexity index is 1510. The zero-order valence-corrected chi connectivity index (χ0v) is 22.7. The molecule has 9 nitrogen and oxygen atoms in total. The molecule has 2 aliphatic rings. The van der Waals surface area contributed by atoms with Gasteiger partial charge in [-0.3, -0.25) is 0 Å². The molecule has 0 spiro atoms. The fourth-order valence-electron chi connectivity index (χ4n) is 5.72. The van der Waals surface area contributed by atoms with Gasteiger partial charge < -0.3 is 39.1 Å². The molecule has 0 unspecified atom stereocenters. The molecule has 2 aromatic carbocycles. The van der Waals surface area contributed by atoms with Crippen molar-refractivity contribution in [2.24, 2.45) is 0 Å². The van der Waals surface area contributed by atoms with E-state index in [0.29, 0.717) is 22.2 Å². The molecule has 0 saturated carbocycles. The van der Waals surface area contributed by atoms with E-state index in [4.69, 9.17) is 13.9 Å². The first-order chi connectivity index (χ1) is 19.9. The number of piperidine rings is 2. The highest BCUT2D eigenvalue weighted by Gasteiger charge is 2.23. The number of hydrogen-bond donors (Lipinski definition) is 3. The fourth-order valence-corrected chi connectivity index (χ4v) is 5.72. The van der Waals surface area contributed by atoms with Crippen molar-refractivity contribution in [3.63, 3.8) is 0 Å². The Kier molecular flexibility index (Phi) is 8.09. The molecule has 0 atom stereocenters. The van der Waals surface area contributed by atoms with E-state index in [2.05, 4.69) is 20.1 Å². The highest BCUT2D eigenvalue weighted by atomic mass is 19.1. The molecule has 2 aromatic heterocycles. The Morgan fingerprint density at radius 2 is 1.78 bits per heavy atom. The quantitative estimate of drug-likeness (QED) is 0.281. The highest BCUT2D eigenvalue weighted by molar-refractivity contribution is 5.88. The van der Waals surface area contributed by atoms with Gasteiger partial charge in [-0.2, -0.15) is 0 Å². The number of nitrogens with zero attached hydrogens (tertiary/aromatic N) is 2. The summed E-state index contributed by atoms with van der Waals surface area (Å²) < 4.78 is 44.6. The van der Waals surface area contributed by atoms with Gasteiger partial charge >= 0.3 is 6.09 Å². The van der Waals surface area contributed by atoms with Crippen molar-refractivity contribution >= 4 is 28.0 Å². The molecule has 0 aliphatic carbocycles. The number of aliphatic hydroxyl groups excluding tert-OH is 1. The fraction of sp³-hybridized carbons (Fsp3) is 0.433. The van der Waals surface area contributed by atoms with Gasteiger partial charge in [0, 0.05) is 74.5 Å². The van der Waals surface area contributed by atoms with Crippen LogP contribution in [0, 0.1) is 11.6 Å². The monoisotopic (exact) mass is 568 g/mol. The van der Waals surface area contributed by atoms with E-state index >= 15 is 0 Å². The van der Waals surface area contributed by atoms with Crippen LogP contribution in [-0.4, -0.2) is 77.4 Å². The summed E-state index contributed by atoms with van der Waals surface area (Å²) in [6.07, 6.45) is 4.11. The Morgan fingerprint density at radius 1 is 1.05 bits per heavy atom. The maximum atomic E-state index is 14.3. The van der Waals surface area contributed by atoms with Crippen LogP contribution >= 0.6 is 0 Å². The highest BCUT2D eigenvalue weighted by Crippen LogP contribution is 2.32. The molecule has 3 N–H and O–H groups in total. The number of aliphatic hydroxyl groups is 1. The number of furan rings is 1. The van der Waals surface area contributed by atoms with Gasteiger partial charge in [0.25, 0.3) is 0 Å². The topological polar surface area (TPSA) is 103 Å². The summed E-state index contributed by atoms with van der Waals surface area (Å²) >= 11 is 0. The summed E-state index contributed by atoms with van der Waals surface area (Å²) in [7, 11) is 0. The van der Waals surface area contributed by atoms with E-state index in [1.54, 1.807) is 18.2 Å². The molecule has 11 heteroatoms. The van der Waals surface area contributed by atoms with E-state index in [9.17, 15) is 18.7 Å². The smallest absolute Gasteiger partial charge is 0.414 e. The second-order valence-corrected chi connectivity index (χ2v) is 10.9. The molecule has 2 saturated heterocycles. The third kappa shape index (κ3) is 6.47. The number of carbonyl (C=O) groups is 1. The molecule has 2 aliphatic heterocycles. The molecule has 4 heterocycles. The largest absolute Gasteiger partial charge is 0.488 e. The summed E-state index contributed by atoms with van der Waals surface area (Å²) in [4.78, 5) is 20.6. The maximum absolute atomic E-state index is 14.3. The molecule has 4 aromatic rings. The van der Waals surface area contributed by atoms with Gasteiger partial charge in [0.05, 0.1) is 23.3 Å². The van der Waals surface area contributed by atoms with Gasteiger partial charge in [-0.05, 0) is 37.8 Å². The van der Waals surface area contributed by atoms with Crippen LogP contribution in [0.15, 0.2) is 47.1 Å². The molecule has 41 heavy (non-hydrogen) atoms. The lowest BCUT2D eigenvalue weighted by Crippen LogP contribution is -2.47. The van der Waals surface area contributed by atoms with Crippen LogP contribution in [0.5, 0.6) is 11.6 Å². The third-order valence-corrected chi connectivity index (χ3v) is 8.05. The number of halogens is 2. The second kappa shape index (κ2) is 12.1. The van der Waals surface area contributed by atoms with Gasteiger partial charge in [0.15, 0.2) is 0 Å². The van der Waals surface area contributed by atoms with E-state index in [1.165, 1.54) is 6.26 Å². The predicted octanol–water partition coefficient (Wildman–Crippen LogP) is 4.78. The minimum Gasteiger partial charge on any atom is -0.488 e. The van der Waals surface area contributed by atoms with Crippen LogP contribution in [-0.2, 0) is 6.61 Å². The normalized spacial score (nSPS) is 17.8. The number of aromatic nitrogens is 1. The van der Waals surface area contributed by atoms with Crippen molar-refractivity contribution in [1.82, 2.24) is 20.1 Å². The van der Waals surface area contributed by atoms with Crippen LogP contribution in [0.25, 0.3) is 21.9 Å². The van der Waals surface area contributed by atoms with Crippen LogP contribution in [0.1, 0.15) is 31.2 Å². The number of H-pyrrole nitrogens is 1. The molecule has 1 amide bonds. The summed E-state index contributed by atoms with van der Waals surface area (Å²) in [5, 5.41) is 13.5. The maximum Gasteiger partial charge on any atom is 0.414 e. The van der Waals surface area contributed by atoms with E-state index in [0.717, 1.165) is 77.1 Å². The molecule has 0 bridgehead atoms. The number of carbonyl (C=O) groups excluding carboxylic acids is 1. The number of ether oxygens (including phenoxy) is 2. The van der Waals surface area contributed by atoms with Crippen molar-refractivity contribution in [2.75, 3.05) is 39.3 Å². The van der Waals surface area contributed by atoms with Gasteiger partial charge in [0.2, 0.25) is 5.88 Å². The number of rotatable bonds is 8. The van der Waals surface area contributed by atoms with Crippen molar-refractivity contribution in [1.29, 1.82) is 0 Å². The van der Waals surface area contributed by atoms with Crippen LogP contribution in [0.4, 0.5) is 13.6 Å². The Balaban J connectivity index is 1.00. The summed E-state index contributed by atoms with van der Waals surface area (Å²) in [6, 6.07) is 9.09. The first-order valence-corrected chi connectivity index (χ1v) is 14.1. The van der Waals surface area contributed by atoms with Crippen molar-refractivity contribution < 1.29 is 32.6 Å². The second-order valence-electron chi connectivity index (χ2n) is 10.9. The van der Waals surface area contributed by atoms with Gasteiger partial charge in [-0.25, -0.2) is 13.6 Å². The van der Waals surface area contributed by atoms with E-state index in [1.807, 2.05) is 6.07 Å². The molecular weight excluding hydrogens is 534 g/mol. The van der Waals surface area contributed by atoms with Gasteiger partial charge in [0.1, 0.15) is 29.6 Å². The minimum atomic E-state index is -0.710. The first kappa shape index (κ1) is 27.5. The summed E-state index contributed by atoms with van der Waals surface area (Å²) in [5.74, 6) is -0.618. The van der Waals surface area contributed by atoms with Gasteiger partial charge in [-0.1, -0.05) is 6.07 Å². The zero-order valence-electron chi connectivity index (χ0n) is 22.7. The van der Waals surface area contributed by atoms with Crippen molar-refractivity contribution in [3.8, 4) is 11.6 Å². The van der Waals surface area contributed by atoms with Crippen LogP contribution in [0.3, 0.4) is 0 Å². The Labute approximate surface area is 236 Å². The molecule has 0 radical (unpaired) electrons. The molecule has 6 rings (SSSR count). The Morgan fingerprint density at radius 3 is 2.54 bits per heavy atom. The standard InChI is InChI=1S/C30H34F2N4O5/c31-20-14-24(32)29-19(18-40-27(29)15-20)17-39-26-3-1-2-25-23(26)16-28(34-25)41-30(38)33-21-4-8-35(9-5-21)12-13-36-10-6-22(37)7-11-36/h1-3,14-16,18,21-22,34,37H,4-13,17H2,(H,33,38). The summed E-state index contributed by atoms with van der Waals surface area (Å²) in [5.41, 5.74) is 1.29. The SMILES string of the molecule is O=C(NC1CCN(CCN2CCC(O)CC2)CC1)Oc1cc2c(OCc3coc4cc(F)cc(F)c34)cccc2[nH]1. The van der Waals surface area contributed by atoms with Crippen LogP contribution in [0.2, 0.25) is 0 Å². The summed E-state index contributed by atoms with van der Waals surface area (Å²) in [6.45, 7) is 5.76. The molecule has 2 fully saturated rings. The Hall–Kier alpha value is -3.67. The third-order valence-electron chi connectivity index (χ3n) is 8.05. The predicted molar refractivity (Wildman–Crippen MR) is 149 cm³/mol. The molecule has 218 valence electrons. The minimum absolute atomic E-state index is 0.0103. The number of hydrogen-bond acceptors (Lipinski definition) is 7. The first-order valence-electron chi connectivity index (χ1n) is 14.1. The average molecular weight is 569 g/mol. The number of nitrogens with one attached hydrogen (secondary N) is 2. The lowest BCUT2D eigenvalue weighted by atomic mass is 10.1. The van der Waals surface area contributed by atoms with Gasteiger partial charge in [-0.15, -0.1) is 0 Å². The van der Waals surface area contributed by atoms with Crippen molar-refractivity contribution in [2.45, 2.75) is 44.4 Å². The van der Waals surface area contributed by atoms with E-state index in [-0.39, 0.29) is 35.6 Å². The number of fused-ring (bicyclic) bond motifs is 2. The number of likely N-dealkylation sites (tertiary alicyclic amines) is 2. The lowest BCUT2D eigenvalue weighted by Gasteiger charge is -2.35. The molecular formula is C30H34F2N4O5. The number of benzene rings is 2. The number of amides is 1. The lowest BCUT2D eigenvalue weighted by molar-refractivity contribution is 0.0739. The van der Waals surface area contributed by atoms with Crippen molar-refractivity contribution in [3.05, 3.63) is 59.9 Å². The number of aromatic amines is 1. The van der Waals surface area contributed by atoms with E-state index < -0.39 is 17.7 Å².